The van der Waals surface area contributed by atoms with Crippen LogP contribution in [-0.4, -0.2) is 23.6 Å². The Labute approximate surface area is 118 Å². The molecule has 1 aliphatic rings. The normalized spacial score (nSPS) is 16.4. The van der Waals surface area contributed by atoms with Gasteiger partial charge in [0.15, 0.2) is 0 Å². The molecule has 1 aromatic rings. The van der Waals surface area contributed by atoms with Gasteiger partial charge in [0.25, 0.3) is 5.91 Å². The van der Waals surface area contributed by atoms with Crippen molar-refractivity contribution in [3.63, 3.8) is 0 Å². The van der Waals surface area contributed by atoms with Gasteiger partial charge in [-0.1, -0.05) is 32.0 Å². The van der Waals surface area contributed by atoms with Crippen LogP contribution in [0.4, 0.5) is 0 Å². The van der Waals surface area contributed by atoms with E-state index in [1.54, 1.807) is 12.1 Å². The Hall–Kier alpha value is -2.17. The van der Waals surface area contributed by atoms with Crippen LogP contribution in [0.15, 0.2) is 35.4 Å². The summed E-state index contributed by atoms with van der Waals surface area (Å²) >= 11 is 0. The molecule has 0 aliphatic carbocycles. The molecule has 20 heavy (non-hydrogen) atoms. The molecule has 106 valence electrons. The predicted octanol–water partition coefficient (Wildman–Crippen LogP) is 1.71. The predicted molar refractivity (Wildman–Crippen MR) is 77.3 cm³/mol. The van der Waals surface area contributed by atoms with Crippen molar-refractivity contribution in [3.8, 4) is 0 Å². The highest BCUT2D eigenvalue weighted by atomic mass is 16.2. The van der Waals surface area contributed by atoms with E-state index < -0.39 is 0 Å². The molecule has 0 saturated heterocycles. The van der Waals surface area contributed by atoms with Crippen molar-refractivity contribution in [3.05, 3.63) is 35.9 Å². The molecule has 0 spiro atoms. The minimum atomic E-state index is -0.164. The smallest absolute Gasteiger partial charge is 0.251 e. The van der Waals surface area contributed by atoms with Crippen molar-refractivity contribution in [2.45, 2.75) is 32.7 Å². The molecule has 2 amide bonds. The van der Waals surface area contributed by atoms with Crippen LogP contribution in [0, 0.1) is 5.92 Å². The van der Waals surface area contributed by atoms with Crippen LogP contribution in [0.5, 0.6) is 0 Å². The third-order valence-corrected chi connectivity index (χ3v) is 3.28. The second kappa shape index (κ2) is 6.32. The summed E-state index contributed by atoms with van der Waals surface area (Å²) in [6, 6.07) is 8.92. The highest BCUT2D eigenvalue weighted by Crippen LogP contribution is 2.12. The molecule has 2 N–H and O–H groups in total. The first-order valence-corrected chi connectivity index (χ1v) is 6.79. The van der Waals surface area contributed by atoms with Crippen LogP contribution in [0.1, 0.15) is 37.0 Å². The summed E-state index contributed by atoms with van der Waals surface area (Å²) in [4.78, 5) is 23.4. The average molecular weight is 273 g/mol. The Bertz CT molecular complexity index is 523. The number of hydrogen-bond donors (Lipinski definition) is 2. The van der Waals surface area contributed by atoms with E-state index in [1.165, 1.54) is 0 Å². The summed E-state index contributed by atoms with van der Waals surface area (Å²) in [5.41, 5.74) is 3.92. The quantitative estimate of drug-likeness (QED) is 0.876. The molecule has 2 rings (SSSR count). The highest BCUT2D eigenvalue weighted by molar-refractivity contribution is 6.01. The molecule has 0 radical (unpaired) electrons. The van der Waals surface area contributed by atoms with Crippen LogP contribution in [-0.2, 0) is 4.79 Å². The second-order valence-corrected chi connectivity index (χ2v) is 5.20. The van der Waals surface area contributed by atoms with Gasteiger partial charge in [-0.15, -0.1) is 0 Å². The third kappa shape index (κ3) is 3.44. The largest absolute Gasteiger partial charge is 0.344 e. The number of benzene rings is 1. The zero-order valence-corrected chi connectivity index (χ0v) is 11.7. The first-order chi connectivity index (χ1) is 9.58. The molecular weight excluding hydrogens is 254 g/mol. The maximum atomic E-state index is 12.2. The first kappa shape index (κ1) is 14.2. The van der Waals surface area contributed by atoms with Crippen molar-refractivity contribution in [1.29, 1.82) is 0 Å². The summed E-state index contributed by atoms with van der Waals surface area (Å²) in [7, 11) is 0. The molecule has 0 bridgehead atoms. The lowest BCUT2D eigenvalue weighted by Gasteiger charge is -2.26. The van der Waals surface area contributed by atoms with E-state index in [1.807, 2.05) is 32.0 Å². The number of rotatable bonds is 4. The van der Waals surface area contributed by atoms with Gasteiger partial charge < -0.3 is 5.32 Å². The third-order valence-electron chi connectivity index (χ3n) is 3.28. The summed E-state index contributed by atoms with van der Waals surface area (Å²) in [5, 5.41) is 7.08. The van der Waals surface area contributed by atoms with Crippen LogP contribution < -0.4 is 10.7 Å². The SMILES string of the molecule is CC(C)C(NC(=O)c1ccccc1)C1=NNC(=O)CC1. The molecule has 1 atom stereocenters. The van der Waals surface area contributed by atoms with E-state index in [0.29, 0.717) is 18.4 Å². The second-order valence-electron chi connectivity index (χ2n) is 5.20. The van der Waals surface area contributed by atoms with Gasteiger partial charge in [-0.2, -0.15) is 5.10 Å². The topological polar surface area (TPSA) is 70.6 Å². The Morgan fingerprint density at radius 3 is 2.50 bits per heavy atom. The van der Waals surface area contributed by atoms with E-state index >= 15 is 0 Å². The number of nitrogens with zero attached hydrogens (tertiary/aromatic N) is 1. The van der Waals surface area contributed by atoms with Gasteiger partial charge in [-0.25, -0.2) is 5.43 Å². The van der Waals surface area contributed by atoms with Gasteiger partial charge >= 0.3 is 0 Å². The van der Waals surface area contributed by atoms with Crippen LogP contribution in [0.3, 0.4) is 0 Å². The van der Waals surface area contributed by atoms with Gasteiger partial charge in [-0.3, -0.25) is 9.59 Å². The van der Waals surface area contributed by atoms with Crippen LogP contribution >= 0.6 is 0 Å². The minimum absolute atomic E-state index is 0.0781. The Morgan fingerprint density at radius 1 is 1.25 bits per heavy atom. The fourth-order valence-corrected chi connectivity index (χ4v) is 2.16. The number of hydrazone groups is 1. The van der Waals surface area contributed by atoms with Crippen molar-refractivity contribution < 1.29 is 9.59 Å². The molecule has 1 aliphatic heterocycles. The van der Waals surface area contributed by atoms with Crippen molar-refractivity contribution in [1.82, 2.24) is 10.7 Å². The van der Waals surface area contributed by atoms with E-state index in [4.69, 9.17) is 0 Å². The van der Waals surface area contributed by atoms with Crippen molar-refractivity contribution >= 4 is 17.5 Å². The lowest BCUT2D eigenvalue weighted by molar-refractivity contribution is -0.121. The maximum Gasteiger partial charge on any atom is 0.251 e. The Morgan fingerprint density at radius 2 is 1.95 bits per heavy atom. The zero-order chi connectivity index (χ0) is 14.5. The molecule has 0 saturated carbocycles. The van der Waals surface area contributed by atoms with Gasteiger partial charge in [0, 0.05) is 12.0 Å². The molecular formula is C15H19N3O2. The molecule has 1 unspecified atom stereocenters. The average Bonchev–Trinajstić information content (AvgIpc) is 2.46. The number of nitrogens with one attached hydrogen (secondary N) is 2. The standard InChI is InChI=1S/C15H19N3O2/c1-10(2)14(12-8-9-13(19)18-17-12)16-15(20)11-6-4-3-5-7-11/h3-7,10,14H,8-9H2,1-2H3,(H,16,20)(H,18,19). The van der Waals surface area contributed by atoms with Crippen molar-refractivity contribution in [2.24, 2.45) is 11.0 Å². The van der Waals surface area contributed by atoms with Crippen molar-refractivity contribution in [2.75, 3.05) is 0 Å². The molecule has 0 aromatic heterocycles. The lowest BCUT2D eigenvalue weighted by Crippen LogP contribution is -2.46. The molecule has 5 nitrogen and oxygen atoms in total. The fraction of sp³-hybridized carbons (Fsp3) is 0.400. The number of amides is 2. The minimum Gasteiger partial charge on any atom is -0.344 e. The zero-order valence-electron chi connectivity index (χ0n) is 11.7. The number of carbonyl (C=O) groups is 2. The number of hydrogen-bond acceptors (Lipinski definition) is 3. The van der Waals surface area contributed by atoms with Gasteiger partial charge in [0.05, 0.1) is 11.8 Å². The molecule has 5 heteroatoms. The van der Waals surface area contributed by atoms with Crippen LogP contribution in [0.2, 0.25) is 0 Å². The van der Waals surface area contributed by atoms with Gasteiger partial charge in [-0.05, 0) is 24.5 Å². The molecule has 1 aromatic carbocycles. The van der Waals surface area contributed by atoms with E-state index in [9.17, 15) is 9.59 Å². The fourth-order valence-electron chi connectivity index (χ4n) is 2.16. The van der Waals surface area contributed by atoms with Gasteiger partial charge in [0.1, 0.15) is 0 Å². The lowest BCUT2D eigenvalue weighted by atomic mass is 9.95. The first-order valence-electron chi connectivity index (χ1n) is 6.79. The summed E-state index contributed by atoms with van der Waals surface area (Å²) < 4.78 is 0. The number of carbonyl (C=O) groups excluding carboxylic acids is 2. The maximum absolute atomic E-state index is 12.2. The van der Waals surface area contributed by atoms with E-state index in [-0.39, 0.29) is 23.8 Å². The van der Waals surface area contributed by atoms with E-state index in [2.05, 4.69) is 15.8 Å². The summed E-state index contributed by atoms with van der Waals surface area (Å²) in [6.07, 6.45) is 1.01. The Kier molecular flexibility index (Phi) is 4.50. The summed E-state index contributed by atoms with van der Waals surface area (Å²) in [6.45, 7) is 4.05. The Balaban J connectivity index is 2.10. The monoisotopic (exact) mass is 273 g/mol. The summed E-state index contributed by atoms with van der Waals surface area (Å²) in [5.74, 6) is 0.00552. The van der Waals surface area contributed by atoms with Crippen LogP contribution in [0.25, 0.3) is 0 Å². The van der Waals surface area contributed by atoms with E-state index in [0.717, 1.165) is 5.71 Å². The molecule has 1 heterocycles. The van der Waals surface area contributed by atoms with Gasteiger partial charge in [0.2, 0.25) is 5.91 Å². The highest BCUT2D eigenvalue weighted by Gasteiger charge is 2.25. The molecule has 0 fully saturated rings.